The highest BCUT2D eigenvalue weighted by Gasteiger charge is 2.18. The van der Waals surface area contributed by atoms with Gasteiger partial charge in [-0.3, -0.25) is 0 Å². The van der Waals surface area contributed by atoms with E-state index in [0.29, 0.717) is 24.6 Å². The van der Waals surface area contributed by atoms with Crippen molar-refractivity contribution in [3.8, 4) is 0 Å². The molecule has 0 aliphatic heterocycles. The minimum atomic E-state index is -0.583. The van der Waals surface area contributed by atoms with E-state index in [-0.39, 0.29) is 24.5 Å². The van der Waals surface area contributed by atoms with Gasteiger partial charge in [0.2, 0.25) is 5.89 Å². The summed E-state index contributed by atoms with van der Waals surface area (Å²) in [4.78, 5) is 15.7. The quantitative estimate of drug-likeness (QED) is 0.705. The molecule has 0 radical (unpaired) electrons. The summed E-state index contributed by atoms with van der Waals surface area (Å²) in [6.45, 7) is 4.04. The van der Waals surface area contributed by atoms with E-state index in [2.05, 4.69) is 20.8 Å². The number of carbonyl (C=O) groups is 1. The zero-order valence-electron chi connectivity index (χ0n) is 14.1. The Hall–Kier alpha value is -2.12. The van der Waals surface area contributed by atoms with Gasteiger partial charge in [0.25, 0.3) is 0 Å². The predicted molar refractivity (Wildman–Crippen MR) is 94.1 cm³/mol. The Morgan fingerprint density at radius 1 is 1.38 bits per heavy atom. The van der Waals surface area contributed by atoms with Gasteiger partial charge in [-0.15, -0.1) is 12.4 Å². The Morgan fingerprint density at radius 2 is 2.12 bits per heavy atom. The standard InChI is InChI=1S/C16H23N5O2.ClH/c1-10-5-4-6-12(7-10)13(19-16(17)22)9-15-20-14(21-23-15)8-11(2)18-3;/h4-7,11,13,18H,8-9H2,1-3H3,(H3,17,19,22);1H. The number of likely N-dealkylation sites (N-methyl/N-ethyl adjacent to an activating group) is 1. The number of carbonyl (C=O) groups excluding carboxylic acids is 1. The minimum absolute atomic E-state index is 0. The van der Waals surface area contributed by atoms with Crippen molar-refractivity contribution < 1.29 is 9.32 Å². The van der Waals surface area contributed by atoms with Crippen molar-refractivity contribution in [2.75, 3.05) is 7.05 Å². The van der Waals surface area contributed by atoms with Crippen LogP contribution in [0.3, 0.4) is 0 Å². The molecule has 0 saturated carbocycles. The van der Waals surface area contributed by atoms with E-state index in [4.69, 9.17) is 10.3 Å². The van der Waals surface area contributed by atoms with Gasteiger partial charge in [-0.2, -0.15) is 4.98 Å². The van der Waals surface area contributed by atoms with Crippen molar-refractivity contribution in [3.63, 3.8) is 0 Å². The Kier molecular flexibility index (Phi) is 7.67. The molecule has 8 heteroatoms. The lowest BCUT2D eigenvalue weighted by Gasteiger charge is -2.16. The van der Waals surface area contributed by atoms with Crippen molar-refractivity contribution in [2.24, 2.45) is 5.73 Å². The average molecular weight is 354 g/mol. The number of halogens is 1. The summed E-state index contributed by atoms with van der Waals surface area (Å²) in [6.07, 6.45) is 1.08. The number of amides is 2. The number of nitrogens with zero attached hydrogens (tertiary/aromatic N) is 2. The van der Waals surface area contributed by atoms with E-state index in [9.17, 15) is 4.79 Å². The third kappa shape index (κ3) is 5.82. The third-order valence-electron chi connectivity index (χ3n) is 3.63. The molecule has 24 heavy (non-hydrogen) atoms. The van der Waals surface area contributed by atoms with Crippen molar-refractivity contribution in [1.82, 2.24) is 20.8 Å². The SMILES string of the molecule is CNC(C)Cc1noc(CC(NC(N)=O)c2cccc(C)c2)n1.Cl. The summed E-state index contributed by atoms with van der Waals surface area (Å²) < 4.78 is 5.29. The lowest BCUT2D eigenvalue weighted by molar-refractivity contribution is 0.244. The number of rotatable bonds is 7. The Balaban J connectivity index is 0.00000288. The van der Waals surface area contributed by atoms with Crippen molar-refractivity contribution in [3.05, 3.63) is 47.1 Å². The van der Waals surface area contributed by atoms with Gasteiger partial charge >= 0.3 is 6.03 Å². The van der Waals surface area contributed by atoms with Crippen LogP contribution in [-0.2, 0) is 12.8 Å². The lowest BCUT2D eigenvalue weighted by atomic mass is 10.0. The monoisotopic (exact) mass is 353 g/mol. The van der Waals surface area contributed by atoms with Crippen LogP contribution in [0.5, 0.6) is 0 Å². The third-order valence-corrected chi connectivity index (χ3v) is 3.63. The summed E-state index contributed by atoms with van der Waals surface area (Å²) in [5.41, 5.74) is 7.34. The maximum Gasteiger partial charge on any atom is 0.312 e. The molecule has 0 bridgehead atoms. The second kappa shape index (κ2) is 9.24. The number of nitrogens with one attached hydrogen (secondary N) is 2. The summed E-state index contributed by atoms with van der Waals surface area (Å²) in [5.74, 6) is 1.12. The van der Waals surface area contributed by atoms with Crippen LogP contribution in [0.15, 0.2) is 28.8 Å². The van der Waals surface area contributed by atoms with Crippen molar-refractivity contribution >= 4 is 18.4 Å². The van der Waals surface area contributed by atoms with Gasteiger partial charge in [0.05, 0.1) is 12.5 Å². The molecule has 0 spiro atoms. The van der Waals surface area contributed by atoms with Crippen LogP contribution < -0.4 is 16.4 Å². The van der Waals surface area contributed by atoms with Crippen LogP contribution in [-0.4, -0.2) is 29.3 Å². The van der Waals surface area contributed by atoms with E-state index in [1.165, 1.54) is 0 Å². The van der Waals surface area contributed by atoms with Crippen LogP contribution in [0.1, 0.15) is 35.8 Å². The zero-order chi connectivity index (χ0) is 16.8. The highest BCUT2D eigenvalue weighted by molar-refractivity contribution is 5.85. The molecule has 2 aromatic rings. The van der Waals surface area contributed by atoms with Crippen LogP contribution in [0.2, 0.25) is 0 Å². The number of primary amides is 1. The van der Waals surface area contributed by atoms with Crippen LogP contribution in [0, 0.1) is 6.92 Å². The lowest BCUT2D eigenvalue weighted by Crippen LogP contribution is -2.34. The van der Waals surface area contributed by atoms with Gasteiger partial charge < -0.3 is 20.9 Å². The van der Waals surface area contributed by atoms with E-state index in [1.807, 2.05) is 45.2 Å². The fourth-order valence-electron chi connectivity index (χ4n) is 2.32. The normalized spacial score (nSPS) is 13.0. The molecule has 0 fully saturated rings. The number of aryl methyl sites for hydroxylation is 1. The second-order valence-corrected chi connectivity index (χ2v) is 5.68. The Bertz CT molecular complexity index is 661. The van der Waals surface area contributed by atoms with Gasteiger partial charge in [0.15, 0.2) is 5.82 Å². The summed E-state index contributed by atoms with van der Waals surface area (Å²) >= 11 is 0. The van der Waals surface area contributed by atoms with Gasteiger partial charge in [-0.25, -0.2) is 4.79 Å². The molecule has 0 aliphatic rings. The summed E-state index contributed by atoms with van der Waals surface area (Å²) in [7, 11) is 1.89. The molecule has 7 nitrogen and oxygen atoms in total. The minimum Gasteiger partial charge on any atom is -0.352 e. The predicted octanol–water partition coefficient (Wildman–Crippen LogP) is 1.90. The number of nitrogens with two attached hydrogens (primary N) is 1. The first-order valence-electron chi connectivity index (χ1n) is 7.59. The number of benzene rings is 1. The first kappa shape index (κ1) is 19.9. The molecule has 2 rings (SSSR count). The van der Waals surface area contributed by atoms with E-state index in [0.717, 1.165) is 11.1 Å². The van der Waals surface area contributed by atoms with Crippen molar-refractivity contribution in [1.29, 1.82) is 0 Å². The van der Waals surface area contributed by atoms with Crippen LogP contribution in [0.25, 0.3) is 0 Å². The number of hydrogen-bond donors (Lipinski definition) is 3. The molecule has 132 valence electrons. The fraction of sp³-hybridized carbons (Fsp3) is 0.438. The summed E-state index contributed by atoms with van der Waals surface area (Å²) in [6, 6.07) is 7.25. The smallest absolute Gasteiger partial charge is 0.312 e. The molecule has 0 aliphatic carbocycles. The van der Waals surface area contributed by atoms with Gasteiger partial charge in [0, 0.05) is 12.5 Å². The van der Waals surface area contributed by atoms with E-state index >= 15 is 0 Å². The molecule has 2 atom stereocenters. The topological polar surface area (TPSA) is 106 Å². The molecule has 4 N–H and O–H groups in total. The molecule has 0 saturated heterocycles. The molecule has 2 unspecified atom stereocenters. The first-order valence-corrected chi connectivity index (χ1v) is 7.59. The van der Waals surface area contributed by atoms with E-state index < -0.39 is 6.03 Å². The number of hydrogen-bond acceptors (Lipinski definition) is 5. The molecular formula is C16H24ClN5O2. The Morgan fingerprint density at radius 3 is 2.75 bits per heavy atom. The maximum absolute atomic E-state index is 11.3. The number of urea groups is 1. The number of aromatic nitrogens is 2. The van der Waals surface area contributed by atoms with Crippen LogP contribution in [0.4, 0.5) is 4.79 Å². The van der Waals surface area contributed by atoms with E-state index in [1.54, 1.807) is 0 Å². The van der Waals surface area contributed by atoms with Crippen molar-refractivity contribution in [2.45, 2.75) is 38.8 Å². The first-order chi connectivity index (χ1) is 11.0. The largest absolute Gasteiger partial charge is 0.352 e. The molecule has 1 aromatic carbocycles. The molecular weight excluding hydrogens is 330 g/mol. The van der Waals surface area contributed by atoms with Gasteiger partial charge in [-0.1, -0.05) is 35.0 Å². The molecule has 2 amide bonds. The Labute approximate surface area is 147 Å². The zero-order valence-corrected chi connectivity index (χ0v) is 14.9. The highest BCUT2D eigenvalue weighted by Crippen LogP contribution is 2.19. The maximum atomic E-state index is 11.3. The van der Waals surface area contributed by atoms with Crippen LogP contribution >= 0.6 is 12.4 Å². The second-order valence-electron chi connectivity index (χ2n) is 5.68. The average Bonchev–Trinajstić information content (AvgIpc) is 2.93. The van der Waals surface area contributed by atoms with Gasteiger partial charge in [0.1, 0.15) is 0 Å². The molecule has 1 aromatic heterocycles. The fourth-order valence-corrected chi connectivity index (χ4v) is 2.32. The molecule has 1 heterocycles. The summed E-state index contributed by atoms with van der Waals surface area (Å²) in [5, 5.41) is 9.84. The highest BCUT2D eigenvalue weighted by atomic mass is 35.5. The van der Waals surface area contributed by atoms with Gasteiger partial charge in [-0.05, 0) is 26.5 Å².